The molecule has 0 saturated carbocycles. The van der Waals surface area contributed by atoms with Crippen molar-refractivity contribution in [3.63, 3.8) is 0 Å². The van der Waals surface area contributed by atoms with E-state index in [2.05, 4.69) is 15.6 Å². The van der Waals surface area contributed by atoms with Crippen LogP contribution in [0.4, 0.5) is 0 Å². The topological polar surface area (TPSA) is 72.3 Å². The van der Waals surface area contributed by atoms with Gasteiger partial charge in [0.15, 0.2) is 5.71 Å². The van der Waals surface area contributed by atoms with Crippen LogP contribution in [0.5, 0.6) is 0 Å². The van der Waals surface area contributed by atoms with Gasteiger partial charge in [0, 0.05) is 33.8 Å². The van der Waals surface area contributed by atoms with Crippen molar-refractivity contribution in [3.05, 3.63) is 75.3 Å². The number of carbonyl (C=O) groups is 1. The van der Waals surface area contributed by atoms with Gasteiger partial charge in [0.2, 0.25) is 0 Å². The van der Waals surface area contributed by atoms with Crippen molar-refractivity contribution in [2.24, 2.45) is 10.3 Å². The maximum absolute atomic E-state index is 12.1. The Morgan fingerprint density at radius 3 is 2.48 bits per heavy atom. The molecule has 2 rings (SSSR count). The summed E-state index contributed by atoms with van der Waals surface area (Å²) in [5, 5.41) is 11.4. The molecule has 0 aromatic heterocycles. The van der Waals surface area contributed by atoms with Gasteiger partial charge in [0.25, 0.3) is 5.91 Å². The van der Waals surface area contributed by atoms with E-state index in [0.717, 1.165) is 5.56 Å². The number of allylic oxidation sites excluding steroid dienone is 1. The number of oxime groups is 2. The van der Waals surface area contributed by atoms with Crippen molar-refractivity contribution < 1.29 is 14.5 Å². The number of likely N-dealkylation sites (N-methyl/N-ethyl adjacent to an activating group) is 1. The van der Waals surface area contributed by atoms with E-state index in [-0.39, 0.29) is 11.6 Å². The van der Waals surface area contributed by atoms with E-state index in [0.29, 0.717) is 21.2 Å². The smallest absolute Gasteiger partial charge is 0.273 e. The molecule has 0 saturated heterocycles. The van der Waals surface area contributed by atoms with Crippen LogP contribution >= 0.6 is 23.2 Å². The third-order valence-electron chi connectivity index (χ3n) is 3.91. The standard InChI is InChI=1S/C21H21Cl2N3O3/c1-14(29-25-13-7-10-17-18(22)11-6-12-19(17)23)15-8-4-5-9-16(15)20(26-28-3)21(27)24-2/h4-14H,1-3H3,(H,24,27)/b10-7+,25-13+,26-20-. The highest BCUT2D eigenvalue weighted by Crippen LogP contribution is 2.25. The summed E-state index contributed by atoms with van der Waals surface area (Å²) >= 11 is 12.2. The van der Waals surface area contributed by atoms with Gasteiger partial charge >= 0.3 is 0 Å². The summed E-state index contributed by atoms with van der Waals surface area (Å²) in [5.41, 5.74) is 2.18. The largest absolute Gasteiger partial charge is 0.398 e. The Morgan fingerprint density at radius 2 is 1.83 bits per heavy atom. The first-order chi connectivity index (χ1) is 14.0. The fraction of sp³-hybridized carbons (Fsp3) is 0.190. The lowest BCUT2D eigenvalue weighted by atomic mass is 9.99. The minimum Gasteiger partial charge on any atom is -0.398 e. The lowest BCUT2D eigenvalue weighted by Crippen LogP contribution is -2.29. The average Bonchev–Trinajstić information content (AvgIpc) is 2.73. The van der Waals surface area contributed by atoms with Crippen LogP contribution in [-0.2, 0) is 14.5 Å². The SMILES string of the molecule is CNC(=O)/C(=N\OC)c1ccccc1C(C)O/N=C/C=C/c1c(Cl)cccc1Cl. The number of rotatable bonds is 8. The summed E-state index contributed by atoms with van der Waals surface area (Å²) in [6, 6.07) is 12.5. The number of hydrogen-bond donors (Lipinski definition) is 1. The van der Waals surface area contributed by atoms with E-state index in [1.165, 1.54) is 20.4 Å². The van der Waals surface area contributed by atoms with Crippen molar-refractivity contribution in [3.8, 4) is 0 Å². The highest BCUT2D eigenvalue weighted by molar-refractivity contribution is 6.45. The summed E-state index contributed by atoms with van der Waals surface area (Å²) in [6.07, 6.45) is 4.47. The molecule has 29 heavy (non-hydrogen) atoms. The first kappa shape index (κ1) is 22.5. The minimum atomic E-state index is -0.438. The number of nitrogens with zero attached hydrogens (tertiary/aromatic N) is 2. The van der Waals surface area contributed by atoms with Gasteiger partial charge in [-0.2, -0.15) is 0 Å². The molecular weight excluding hydrogens is 413 g/mol. The molecule has 2 aromatic carbocycles. The summed E-state index contributed by atoms with van der Waals surface area (Å²) in [5.74, 6) is -0.366. The van der Waals surface area contributed by atoms with E-state index in [1.54, 1.807) is 42.5 Å². The fourth-order valence-electron chi connectivity index (χ4n) is 2.52. The Kier molecular flexibility index (Phi) is 8.70. The molecule has 1 atom stereocenters. The van der Waals surface area contributed by atoms with Crippen LogP contribution in [0.2, 0.25) is 10.0 Å². The Labute approximate surface area is 179 Å². The average molecular weight is 434 g/mol. The zero-order chi connectivity index (χ0) is 21.2. The van der Waals surface area contributed by atoms with Gasteiger partial charge in [0.05, 0.1) is 6.21 Å². The molecule has 1 N–H and O–H groups in total. The normalized spacial score (nSPS) is 12.9. The molecule has 0 aliphatic carbocycles. The number of nitrogens with one attached hydrogen (secondary N) is 1. The second-order valence-corrected chi connectivity index (χ2v) is 6.60. The lowest BCUT2D eigenvalue weighted by molar-refractivity contribution is -0.114. The van der Waals surface area contributed by atoms with Crippen molar-refractivity contribution >= 4 is 47.1 Å². The molecule has 0 aliphatic heterocycles. The van der Waals surface area contributed by atoms with E-state index < -0.39 is 6.10 Å². The van der Waals surface area contributed by atoms with E-state index in [4.69, 9.17) is 32.9 Å². The summed E-state index contributed by atoms with van der Waals surface area (Å²) in [6.45, 7) is 1.82. The molecule has 6 nitrogen and oxygen atoms in total. The first-order valence-corrected chi connectivity index (χ1v) is 9.47. The van der Waals surface area contributed by atoms with Gasteiger partial charge in [0.1, 0.15) is 13.2 Å². The zero-order valence-corrected chi connectivity index (χ0v) is 17.7. The van der Waals surface area contributed by atoms with Crippen LogP contribution in [-0.4, -0.2) is 32.0 Å². The van der Waals surface area contributed by atoms with Gasteiger partial charge in [-0.1, -0.05) is 69.9 Å². The third kappa shape index (κ3) is 6.07. The van der Waals surface area contributed by atoms with E-state index in [1.807, 2.05) is 19.1 Å². The third-order valence-corrected chi connectivity index (χ3v) is 4.57. The summed E-state index contributed by atoms with van der Waals surface area (Å²) in [4.78, 5) is 22.5. The van der Waals surface area contributed by atoms with Crippen LogP contribution in [0.25, 0.3) is 6.08 Å². The summed E-state index contributed by atoms with van der Waals surface area (Å²) in [7, 11) is 2.91. The zero-order valence-electron chi connectivity index (χ0n) is 16.2. The molecule has 2 aromatic rings. The molecule has 152 valence electrons. The number of carbonyl (C=O) groups excluding carboxylic acids is 1. The summed E-state index contributed by atoms with van der Waals surface area (Å²) < 4.78 is 0. The highest BCUT2D eigenvalue weighted by atomic mass is 35.5. The number of hydrogen-bond acceptors (Lipinski definition) is 5. The van der Waals surface area contributed by atoms with E-state index in [9.17, 15) is 4.79 Å². The predicted octanol–water partition coefficient (Wildman–Crippen LogP) is 4.87. The first-order valence-electron chi connectivity index (χ1n) is 8.72. The lowest BCUT2D eigenvalue weighted by Gasteiger charge is -2.15. The monoisotopic (exact) mass is 433 g/mol. The Balaban J connectivity index is 2.14. The molecule has 0 radical (unpaired) electrons. The quantitative estimate of drug-likeness (QED) is 0.476. The van der Waals surface area contributed by atoms with E-state index >= 15 is 0 Å². The molecule has 0 bridgehead atoms. The van der Waals surface area contributed by atoms with Crippen LogP contribution in [0.15, 0.2) is 58.9 Å². The van der Waals surface area contributed by atoms with Crippen LogP contribution in [0, 0.1) is 0 Å². The molecule has 1 unspecified atom stereocenters. The van der Waals surface area contributed by atoms with Gasteiger partial charge in [-0.3, -0.25) is 4.79 Å². The Bertz CT molecular complexity index is 922. The molecule has 0 heterocycles. The Hall–Kier alpha value is -2.83. The van der Waals surface area contributed by atoms with Crippen LogP contribution < -0.4 is 5.32 Å². The molecule has 1 amide bonds. The van der Waals surface area contributed by atoms with Crippen molar-refractivity contribution in [2.75, 3.05) is 14.2 Å². The van der Waals surface area contributed by atoms with Crippen LogP contribution in [0.1, 0.15) is 29.7 Å². The Morgan fingerprint density at radius 1 is 1.14 bits per heavy atom. The number of benzene rings is 2. The molecular formula is C21H21Cl2N3O3. The highest BCUT2D eigenvalue weighted by Gasteiger charge is 2.20. The minimum absolute atomic E-state index is 0.151. The van der Waals surface area contributed by atoms with Crippen LogP contribution in [0.3, 0.4) is 0 Å². The van der Waals surface area contributed by atoms with Crippen molar-refractivity contribution in [1.29, 1.82) is 0 Å². The van der Waals surface area contributed by atoms with Crippen molar-refractivity contribution in [1.82, 2.24) is 5.32 Å². The molecule has 0 fully saturated rings. The maximum atomic E-state index is 12.1. The molecule has 8 heteroatoms. The van der Waals surface area contributed by atoms with Crippen molar-refractivity contribution in [2.45, 2.75) is 13.0 Å². The molecule has 0 spiro atoms. The fourth-order valence-corrected chi connectivity index (χ4v) is 3.04. The van der Waals surface area contributed by atoms with Gasteiger partial charge in [-0.15, -0.1) is 0 Å². The van der Waals surface area contributed by atoms with Gasteiger partial charge in [-0.05, 0) is 25.1 Å². The van der Waals surface area contributed by atoms with Gasteiger partial charge in [-0.25, -0.2) is 0 Å². The second-order valence-electron chi connectivity index (χ2n) is 5.79. The second kappa shape index (κ2) is 11.2. The van der Waals surface area contributed by atoms with Gasteiger partial charge < -0.3 is 15.0 Å². The number of halogens is 2. The number of amides is 1. The maximum Gasteiger partial charge on any atom is 0.273 e. The predicted molar refractivity (Wildman–Crippen MR) is 118 cm³/mol. The molecule has 0 aliphatic rings.